The zero-order chi connectivity index (χ0) is 9.26. The maximum Gasteiger partial charge on any atom is 0.356 e. The molecule has 1 N–H and O–H groups in total. The Hall–Kier alpha value is -1.62. The monoisotopic (exact) mass is 194 g/mol. The standard InChI is InChI=1S/C8H6N2O2S/c11-8(12)7-3-10(5-9-7)6-1-2-13-4-6/h1-5H,(H,11,12). The van der Waals surface area contributed by atoms with Crippen LogP contribution in [-0.4, -0.2) is 20.6 Å². The molecule has 2 heterocycles. The van der Waals surface area contributed by atoms with Crippen LogP contribution in [0.3, 0.4) is 0 Å². The maximum absolute atomic E-state index is 10.5. The highest BCUT2D eigenvalue weighted by atomic mass is 32.1. The molecular weight excluding hydrogens is 188 g/mol. The van der Waals surface area contributed by atoms with Crippen LogP contribution in [0.15, 0.2) is 29.4 Å². The second-order valence-corrected chi connectivity index (χ2v) is 3.23. The molecule has 0 amide bonds. The van der Waals surface area contributed by atoms with Gasteiger partial charge in [0.1, 0.15) is 6.33 Å². The highest BCUT2D eigenvalue weighted by molar-refractivity contribution is 7.08. The van der Waals surface area contributed by atoms with Crippen molar-refractivity contribution in [1.82, 2.24) is 9.55 Å². The summed E-state index contributed by atoms with van der Waals surface area (Å²) < 4.78 is 1.68. The summed E-state index contributed by atoms with van der Waals surface area (Å²) in [7, 11) is 0. The molecule has 0 bridgehead atoms. The molecule has 0 atom stereocenters. The van der Waals surface area contributed by atoms with Crippen LogP contribution >= 0.6 is 11.3 Å². The number of hydrogen-bond acceptors (Lipinski definition) is 3. The first kappa shape index (κ1) is 8.00. The molecule has 2 aromatic rings. The van der Waals surface area contributed by atoms with Gasteiger partial charge in [0, 0.05) is 11.6 Å². The fraction of sp³-hybridized carbons (Fsp3) is 0. The van der Waals surface area contributed by atoms with Gasteiger partial charge in [-0.1, -0.05) is 0 Å². The van der Waals surface area contributed by atoms with Crippen LogP contribution in [0.25, 0.3) is 5.69 Å². The van der Waals surface area contributed by atoms with Gasteiger partial charge in [-0.2, -0.15) is 11.3 Å². The van der Waals surface area contributed by atoms with Crippen molar-refractivity contribution in [2.45, 2.75) is 0 Å². The average molecular weight is 194 g/mol. The molecule has 2 aromatic heterocycles. The first-order valence-corrected chi connectivity index (χ1v) is 4.51. The average Bonchev–Trinajstić information content (AvgIpc) is 2.75. The number of hydrogen-bond donors (Lipinski definition) is 1. The summed E-state index contributed by atoms with van der Waals surface area (Å²) in [5.74, 6) is -1.01. The molecule has 0 fully saturated rings. The lowest BCUT2D eigenvalue weighted by molar-refractivity contribution is 0.0691. The third-order valence-corrected chi connectivity index (χ3v) is 2.28. The largest absolute Gasteiger partial charge is 0.476 e. The van der Waals surface area contributed by atoms with Crippen molar-refractivity contribution in [3.05, 3.63) is 35.0 Å². The van der Waals surface area contributed by atoms with Gasteiger partial charge >= 0.3 is 5.97 Å². The number of rotatable bonds is 2. The predicted molar refractivity (Wildman–Crippen MR) is 48.4 cm³/mol. The first-order chi connectivity index (χ1) is 6.27. The van der Waals surface area contributed by atoms with E-state index in [4.69, 9.17) is 5.11 Å². The molecule has 0 aromatic carbocycles. The number of carboxylic acids is 1. The SMILES string of the molecule is O=C(O)c1cn(-c2ccsc2)cn1. The van der Waals surface area contributed by atoms with E-state index in [1.54, 1.807) is 15.9 Å². The Balaban J connectivity index is 2.39. The number of nitrogens with zero attached hydrogens (tertiary/aromatic N) is 2. The Morgan fingerprint density at radius 2 is 2.46 bits per heavy atom. The fourth-order valence-electron chi connectivity index (χ4n) is 0.979. The van der Waals surface area contributed by atoms with Crippen LogP contribution in [0.2, 0.25) is 0 Å². The summed E-state index contributed by atoms with van der Waals surface area (Å²) in [6.45, 7) is 0. The summed E-state index contributed by atoms with van der Waals surface area (Å²) >= 11 is 1.56. The molecule has 0 saturated heterocycles. The molecule has 0 saturated carbocycles. The van der Waals surface area contributed by atoms with Gasteiger partial charge in [-0.05, 0) is 11.4 Å². The Morgan fingerprint density at radius 1 is 1.62 bits per heavy atom. The van der Waals surface area contributed by atoms with Gasteiger partial charge in [-0.15, -0.1) is 0 Å². The third-order valence-electron chi connectivity index (χ3n) is 1.61. The number of imidazole rings is 1. The van der Waals surface area contributed by atoms with Crippen molar-refractivity contribution in [3.63, 3.8) is 0 Å². The van der Waals surface area contributed by atoms with E-state index in [-0.39, 0.29) is 5.69 Å². The van der Waals surface area contributed by atoms with Crippen molar-refractivity contribution in [3.8, 4) is 5.69 Å². The van der Waals surface area contributed by atoms with E-state index in [1.807, 2.05) is 16.8 Å². The van der Waals surface area contributed by atoms with Crippen molar-refractivity contribution in [1.29, 1.82) is 0 Å². The topological polar surface area (TPSA) is 55.1 Å². The zero-order valence-electron chi connectivity index (χ0n) is 6.54. The van der Waals surface area contributed by atoms with Gasteiger partial charge in [0.05, 0.1) is 5.69 Å². The molecule has 0 spiro atoms. The minimum atomic E-state index is -1.01. The lowest BCUT2D eigenvalue weighted by Crippen LogP contribution is -1.95. The number of aromatic nitrogens is 2. The minimum absolute atomic E-state index is 0.0613. The van der Waals surface area contributed by atoms with Gasteiger partial charge in [-0.25, -0.2) is 9.78 Å². The summed E-state index contributed by atoms with van der Waals surface area (Å²) in [5, 5.41) is 12.5. The van der Waals surface area contributed by atoms with E-state index in [9.17, 15) is 4.79 Å². The fourth-order valence-corrected chi connectivity index (χ4v) is 1.61. The van der Waals surface area contributed by atoms with Crippen LogP contribution < -0.4 is 0 Å². The number of thiophene rings is 1. The van der Waals surface area contributed by atoms with Gasteiger partial charge in [0.2, 0.25) is 0 Å². The summed E-state index contributed by atoms with van der Waals surface area (Å²) in [5.41, 5.74) is 0.996. The molecule has 0 aliphatic carbocycles. The van der Waals surface area contributed by atoms with E-state index < -0.39 is 5.97 Å². The van der Waals surface area contributed by atoms with E-state index in [0.717, 1.165) is 5.69 Å². The molecule has 4 nitrogen and oxygen atoms in total. The molecule has 0 radical (unpaired) electrons. The second-order valence-electron chi connectivity index (χ2n) is 2.45. The molecule has 2 rings (SSSR count). The normalized spacial score (nSPS) is 10.2. The van der Waals surface area contributed by atoms with Crippen LogP contribution in [0.1, 0.15) is 10.5 Å². The van der Waals surface area contributed by atoms with Gasteiger partial charge in [0.25, 0.3) is 0 Å². The van der Waals surface area contributed by atoms with Crippen LogP contribution in [0, 0.1) is 0 Å². The Kier molecular flexibility index (Phi) is 1.86. The van der Waals surface area contributed by atoms with Crippen molar-refractivity contribution < 1.29 is 9.90 Å². The summed E-state index contributed by atoms with van der Waals surface area (Å²) in [6, 6.07) is 1.90. The zero-order valence-corrected chi connectivity index (χ0v) is 7.36. The molecule has 66 valence electrons. The lowest BCUT2D eigenvalue weighted by Gasteiger charge is -1.93. The predicted octanol–water partition coefficient (Wildman–Crippen LogP) is 1.63. The molecule has 0 unspecified atom stereocenters. The summed E-state index contributed by atoms with van der Waals surface area (Å²) in [6.07, 6.45) is 2.98. The number of carbonyl (C=O) groups is 1. The smallest absolute Gasteiger partial charge is 0.356 e. The number of carboxylic acid groups (broad SMARTS) is 1. The molecule has 5 heteroatoms. The molecule has 0 aliphatic rings. The third kappa shape index (κ3) is 1.46. The van der Waals surface area contributed by atoms with E-state index >= 15 is 0 Å². The molecule has 13 heavy (non-hydrogen) atoms. The summed E-state index contributed by atoms with van der Waals surface area (Å²) in [4.78, 5) is 14.3. The van der Waals surface area contributed by atoms with Gasteiger partial charge < -0.3 is 9.67 Å². The van der Waals surface area contributed by atoms with Crippen LogP contribution in [0.4, 0.5) is 0 Å². The van der Waals surface area contributed by atoms with Crippen LogP contribution in [0.5, 0.6) is 0 Å². The van der Waals surface area contributed by atoms with E-state index in [1.165, 1.54) is 12.5 Å². The quantitative estimate of drug-likeness (QED) is 0.790. The van der Waals surface area contributed by atoms with E-state index in [2.05, 4.69) is 4.98 Å². The highest BCUT2D eigenvalue weighted by Crippen LogP contribution is 2.12. The maximum atomic E-state index is 10.5. The van der Waals surface area contributed by atoms with Gasteiger partial charge in [0.15, 0.2) is 5.69 Å². The van der Waals surface area contributed by atoms with Crippen LogP contribution in [-0.2, 0) is 0 Å². The number of aromatic carboxylic acids is 1. The minimum Gasteiger partial charge on any atom is -0.476 e. The van der Waals surface area contributed by atoms with E-state index in [0.29, 0.717) is 0 Å². The Morgan fingerprint density at radius 3 is 3.00 bits per heavy atom. The molecule has 0 aliphatic heterocycles. The Bertz CT molecular complexity index is 419. The second kappa shape index (κ2) is 3.02. The molecular formula is C8H6N2O2S. The lowest BCUT2D eigenvalue weighted by atomic mass is 10.5. The van der Waals surface area contributed by atoms with Crippen molar-refractivity contribution in [2.24, 2.45) is 0 Å². The van der Waals surface area contributed by atoms with Crippen molar-refractivity contribution >= 4 is 17.3 Å². The Labute approximate surface area is 78.1 Å². The van der Waals surface area contributed by atoms with Crippen molar-refractivity contribution in [2.75, 3.05) is 0 Å². The highest BCUT2D eigenvalue weighted by Gasteiger charge is 2.06. The first-order valence-electron chi connectivity index (χ1n) is 3.57. The van der Waals surface area contributed by atoms with Gasteiger partial charge in [-0.3, -0.25) is 0 Å².